The fourth-order valence-corrected chi connectivity index (χ4v) is 2.12. The molecule has 0 saturated heterocycles. The number of hydrogen-bond acceptors (Lipinski definition) is 5. The van der Waals surface area contributed by atoms with Crippen LogP contribution in [0.2, 0.25) is 0 Å². The van der Waals surface area contributed by atoms with Crippen molar-refractivity contribution in [1.29, 1.82) is 0 Å². The van der Waals surface area contributed by atoms with Gasteiger partial charge in [-0.1, -0.05) is 0 Å². The Morgan fingerprint density at radius 1 is 1.42 bits per heavy atom. The molecule has 2 heterocycles. The Morgan fingerprint density at radius 3 is 2.79 bits per heavy atom. The monoisotopic (exact) mass is 291 g/mol. The Bertz CT molecular complexity index is 533. The van der Waals surface area contributed by atoms with Crippen LogP contribution in [0.4, 0.5) is 18.3 Å². The van der Waals surface area contributed by atoms with E-state index in [4.69, 9.17) is 0 Å². The SMILES string of the molecule is Cc1[nH]ncc1CCCNc1nc(C(F)(F)F)ns1. The third-order valence-electron chi connectivity index (χ3n) is 2.51. The summed E-state index contributed by atoms with van der Waals surface area (Å²) in [5.41, 5.74) is 2.12. The fraction of sp³-hybridized carbons (Fsp3) is 0.500. The molecule has 0 aromatic carbocycles. The summed E-state index contributed by atoms with van der Waals surface area (Å²) in [7, 11) is 0. The predicted molar refractivity (Wildman–Crippen MR) is 65.0 cm³/mol. The Labute approximate surface area is 111 Å². The molecule has 104 valence electrons. The minimum atomic E-state index is -4.48. The molecule has 19 heavy (non-hydrogen) atoms. The molecule has 2 rings (SSSR count). The molecule has 5 nitrogen and oxygen atoms in total. The van der Waals surface area contributed by atoms with E-state index in [9.17, 15) is 13.2 Å². The van der Waals surface area contributed by atoms with Gasteiger partial charge in [0, 0.05) is 23.8 Å². The lowest BCUT2D eigenvalue weighted by Crippen LogP contribution is -2.08. The van der Waals surface area contributed by atoms with Crippen molar-refractivity contribution in [2.24, 2.45) is 0 Å². The molecule has 0 aliphatic heterocycles. The molecule has 0 amide bonds. The van der Waals surface area contributed by atoms with Crippen molar-refractivity contribution in [2.45, 2.75) is 25.9 Å². The molecule has 0 unspecified atom stereocenters. The van der Waals surface area contributed by atoms with Gasteiger partial charge in [-0.15, -0.1) is 0 Å². The van der Waals surface area contributed by atoms with Crippen LogP contribution >= 0.6 is 11.5 Å². The van der Waals surface area contributed by atoms with Crippen LogP contribution in [-0.2, 0) is 12.6 Å². The van der Waals surface area contributed by atoms with E-state index in [1.54, 1.807) is 6.20 Å². The number of hydrogen-bond donors (Lipinski definition) is 2. The molecule has 0 atom stereocenters. The number of nitrogens with zero attached hydrogens (tertiary/aromatic N) is 3. The first-order chi connectivity index (χ1) is 8.97. The molecule has 0 aliphatic carbocycles. The highest BCUT2D eigenvalue weighted by atomic mass is 32.1. The Hall–Kier alpha value is -1.64. The molecule has 0 spiro atoms. The number of H-pyrrole nitrogens is 1. The summed E-state index contributed by atoms with van der Waals surface area (Å²) in [5, 5.41) is 9.75. The topological polar surface area (TPSA) is 66.5 Å². The molecule has 9 heteroatoms. The molecular weight excluding hydrogens is 279 g/mol. The van der Waals surface area contributed by atoms with Gasteiger partial charge in [0.1, 0.15) is 0 Å². The average Bonchev–Trinajstić information content (AvgIpc) is 2.93. The number of nitrogens with one attached hydrogen (secondary N) is 2. The van der Waals surface area contributed by atoms with Crippen molar-refractivity contribution in [3.05, 3.63) is 23.3 Å². The Kier molecular flexibility index (Phi) is 4.03. The lowest BCUT2D eigenvalue weighted by molar-refractivity contribution is -0.144. The maximum Gasteiger partial charge on any atom is 0.452 e. The second-order valence-electron chi connectivity index (χ2n) is 3.97. The third kappa shape index (κ3) is 3.66. The quantitative estimate of drug-likeness (QED) is 0.831. The summed E-state index contributed by atoms with van der Waals surface area (Å²) >= 11 is 0.717. The number of rotatable bonds is 5. The highest BCUT2D eigenvalue weighted by Crippen LogP contribution is 2.28. The van der Waals surface area contributed by atoms with Crippen LogP contribution in [-0.4, -0.2) is 26.1 Å². The highest BCUT2D eigenvalue weighted by Gasteiger charge is 2.36. The number of aryl methyl sites for hydroxylation is 2. The summed E-state index contributed by atoms with van der Waals surface area (Å²) in [4.78, 5) is 3.39. The molecule has 2 aromatic rings. The van der Waals surface area contributed by atoms with E-state index < -0.39 is 12.0 Å². The average molecular weight is 291 g/mol. The molecular formula is C10H12F3N5S. The van der Waals surface area contributed by atoms with Crippen molar-refractivity contribution in [2.75, 3.05) is 11.9 Å². The number of anilines is 1. The number of aromatic amines is 1. The Morgan fingerprint density at radius 2 is 2.21 bits per heavy atom. The van der Waals surface area contributed by atoms with Gasteiger partial charge in [-0.25, -0.2) is 0 Å². The highest BCUT2D eigenvalue weighted by molar-refractivity contribution is 7.09. The summed E-state index contributed by atoms with van der Waals surface area (Å²) in [6.07, 6.45) is -1.14. The lowest BCUT2D eigenvalue weighted by Gasteiger charge is -2.02. The van der Waals surface area contributed by atoms with Crippen molar-refractivity contribution in [1.82, 2.24) is 19.6 Å². The van der Waals surface area contributed by atoms with Crippen LogP contribution in [0.5, 0.6) is 0 Å². The first-order valence-electron chi connectivity index (χ1n) is 5.60. The largest absolute Gasteiger partial charge is 0.452 e. The zero-order valence-corrected chi connectivity index (χ0v) is 10.9. The van der Waals surface area contributed by atoms with Gasteiger partial charge >= 0.3 is 6.18 Å². The fourth-order valence-electron chi connectivity index (χ4n) is 1.51. The zero-order valence-electron chi connectivity index (χ0n) is 10.1. The second kappa shape index (κ2) is 5.55. The molecule has 2 N–H and O–H groups in total. The van der Waals surface area contributed by atoms with Gasteiger partial charge in [-0.2, -0.15) is 27.6 Å². The minimum absolute atomic E-state index is 0.191. The van der Waals surface area contributed by atoms with Gasteiger partial charge in [0.05, 0.1) is 6.20 Å². The van der Waals surface area contributed by atoms with Crippen LogP contribution in [0.25, 0.3) is 0 Å². The minimum Gasteiger partial charge on any atom is -0.360 e. The number of aromatic nitrogens is 4. The van der Waals surface area contributed by atoms with E-state index in [1.165, 1.54) is 0 Å². The summed E-state index contributed by atoms with van der Waals surface area (Å²) in [6.45, 7) is 2.47. The van der Waals surface area contributed by atoms with Crippen molar-refractivity contribution in [3.8, 4) is 0 Å². The van der Waals surface area contributed by atoms with E-state index >= 15 is 0 Å². The normalized spacial score (nSPS) is 11.8. The molecule has 0 aliphatic rings. The van der Waals surface area contributed by atoms with Crippen molar-refractivity contribution in [3.63, 3.8) is 0 Å². The van der Waals surface area contributed by atoms with Gasteiger partial charge in [0.15, 0.2) is 0 Å². The van der Waals surface area contributed by atoms with Gasteiger partial charge in [0.2, 0.25) is 11.0 Å². The van der Waals surface area contributed by atoms with E-state index in [0.717, 1.165) is 24.1 Å². The zero-order chi connectivity index (χ0) is 13.9. The first-order valence-corrected chi connectivity index (χ1v) is 6.38. The molecule has 0 fully saturated rings. The summed E-state index contributed by atoms with van der Waals surface area (Å²) in [6, 6.07) is 0. The third-order valence-corrected chi connectivity index (χ3v) is 3.19. The van der Waals surface area contributed by atoms with Crippen LogP contribution < -0.4 is 5.32 Å². The standard InChI is InChI=1S/C10H12F3N5S/c1-6-7(5-15-17-6)3-2-4-14-9-16-8(18-19-9)10(11,12)13/h5H,2-4H2,1H3,(H,15,17)(H,14,16,18). The molecule has 0 radical (unpaired) electrons. The number of halogens is 3. The Balaban J connectivity index is 1.77. The van der Waals surface area contributed by atoms with E-state index in [2.05, 4.69) is 24.9 Å². The van der Waals surface area contributed by atoms with Crippen LogP contribution in [0.15, 0.2) is 6.20 Å². The summed E-state index contributed by atoms with van der Waals surface area (Å²) < 4.78 is 40.0. The molecule has 0 saturated carbocycles. The maximum atomic E-state index is 12.3. The molecule has 0 bridgehead atoms. The van der Waals surface area contributed by atoms with Gasteiger partial charge in [-0.3, -0.25) is 5.10 Å². The van der Waals surface area contributed by atoms with Gasteiger partial charge < -0.3 is 5.32 Å². The van der Waals surface area contributed by atoms with Crippen molar-refractivity contribution < 1.29 is 13.2 Å². The second-order valence-corrected chi connectivity index (χ2v) is 4.72. The van der Waals surface area contributed by atoms with Crippen LogP contribution in [0, 0.1) is 6.92 Å². The van der Waals surface area contributed by atoms with Crippen LogP contribution in [0.3, 0.4) is 0 Å². The van der Waals surface area contributed by atoms with Crippen molar-refractivity contribution >= 4 is 16.7 Å². The van der Waals surface area contributed by atoms with E-state index in [1.807, 2.05) is 6.92 Å². The van der Waals surface area contributed by atoms with Gasteiger partial charge in [0.25, 0.3) is 0 Å². The summed E-state index contributed by atoms with van der Waals surface area (Å²) in [5.74, 6) is -1.09. The maximum absolute atomic E-state index is 12.3. The number of alkyl halides is 3. The smallest absolute Gasteiger partial charge is 0.360 e. The molecule has 2 aromatic heterocycles. The van der Waals surface area contributed by atoms with E-state index in [0.29, 0.717) is 18.1 Å². The van der Waals surface area contributed by atoms with Gasteiger partial charge in [-0.05, 0) is 25.3 Å². The first kappa shape index (κ1) is 13.8. The van der Waals surface area contributed by atoms with E-state index in [-0.39, 0.29) is 5.13 Å². The van der Waals surface area contributed by atoms with Crippen LogP contribution in [0.1, 0.15) is 23.5 Å². The lowest BCUT2D eigenvalue weighted by atomic mass is 10.1. The predicted octanol–water partition coefficient (Wildman–Crippen LogP) is 2.63.